The Labute approximate surface area is 130 Å². The van der Waals surface area contributed by atoms with Crippen molar-refractivity contribution < 1.29 is 37.0 Å². The molecular weight excluding hydrogens is 264 g/mol. The van der Waals surface area contributed by atoms with E-state index in [1.165, 1.54) is 0 Å². The third-order valence-corrected chi connectivity index (χ3v) is 4.15. The normalized spacial score (nSPS) is 31.8. The van der Waals surface area contributed by atoms with Gasteiger partial charge in [0.05, 0.1) is 0 Å². The first kappa shape index (κ1) is 31.1. The molecular formula is C14H35O3Ti-. The van der Waals surface area contributed by atoms with Gasteiger partial charge in [-0.05, 0) is 29.6 Å². The quantitative estimate of drug-likeness (QED) is 0.475. The number of hydrogen-bond acceptors (Lipinski definition) is 3. The van der Waals surface area contributed by atoms with Gasteiger partial charge in [-0.1, -0.05) is 34.6 Å². The molecule has 0 aromatic heterocycles. The molecule has 0 bridgehead atoms. The second-order valence-corrected chi connectivity index (χ2v) is 4.30. The van der Waals surface area contributed by atoms with E-state index in [-0.39, 0.29) is 29.1 Å². The van der Waals surface area contributed by atoms with E-state index in [9.17, 15) is 0 Å². The molecule has 3 N–H and O–H groups in total. The van der Waals surface area contributed by atoms with Crippen LogP contribution in [-0.4, -0.2) is 36.6 Å². The number of hydrogen-bond donors (Lipinski definition) is 3. The molecule has 0 saturated heterocycles. The van der Waals surface area contributed by atoms with Crippen LogP contribution < -0.4 is 0 Å². The van der Waals surface area contributed by atoms with Crippen molar-refractivity contribution in [2.75, 3.05) is 21.3 Å². The van der Waals surface area contributed by atoms with E-state index in [2.05, 4.69) is 34.6 Å². The van der Waals surface area contributed by atoms with Crippen molar-refractivity contribution in [1.82, 2.24) is 0 Å². The maximum atomic E-state index is 7.00. The van der Waals surface area contributed by atoms with Gasteiger partial charge in [-0.15, -0.1) is 0 Å². The minimum atomic E-state index is 0. The minimum absolute atomic E-state index is 0. The SMILES string of the molecule is CC1C(C)C(C)C(C)C1C.CO.CO.CO.[CH3-].[Ti]. The minimum Gasteiger partial charge on any atom is -0.400 e. The molecule has 1 saturated carbocycles. The number of aliphatic hydroxyl groups is 3. The molecule has 0 aliphatic heterocycles. The number of rotatable bonds is 0. The topological polar surface area (TPSA) is 60.7 Å². The van der Waals surface area contributed by atoms with Crippen LogP contribution in [0, 0.1) is 37.0 Å². The van der Waals surface area contributed by atoms with Gasteiger partial charge >= 0.3 is 0 Å². The first-order valence-corrected chi connectivity index (χ1v) is 5.90. The summed E-state index contributed by atoms with van der Waals surface area (Å²) in [6.45, 7) is 12.0. The molecule has 0 atom stereocenters. The van der Waals surface area contributed by atoms with Crippen LogP contribution >= 0.6 is 0 Å². The van der Waals surface area contributed by atoms with Crippen molar-refractivity contribution in [3.05, 3.63) is 7.43 Å². The van der Waals surface area contributed by atoms with Gasteiger partial charge in [0.25, 0.3) is 0 Å². The standard InChI is InChI=1S/C10H20.3CH4O.CH3.Ti/c1-6-7(2)9(4)10(5)8(6)3;3*1-2;;/h6-10H,1-5H3;3*2H,1H3;1H3;/q;;;;-1;. The Bertz CT molecular complexity index is 89.4. The summed E-state index contributed by atoms with van der Waals surface area (Å²) in [5.74, 6) is 4.68. The molecule has 114 valence electrons. The smallest absolute Gasteiger partial charge is 0.0319 e. The first-order chi connectivity index (χ1) is 7.55. The summed E-state index contributed by atoms with van der Waals surface area (Å²) in [6.07, 6.45) is 0. The number of aliphatic hydroxyl groups excluding tert-OH is 3. The van der Waals surface area contributed by atoms with Gasteiger partial charge in [-0.2, -0.15) is 0 Å². The van der Waals surface area contributed by atoms with Crippen LogP contribution in [0.1, 0.15) is 34.6 Å². The van der Waals surface area contributed by atoms with Gasteiger partial charge in [0.1, 0.15) is 0 Å². The molecule has 0 radical (unpaired) electrons. The van der Waals surface area contributed by atoms with Gasteiger partial charge in [-0.25, -0.2) is 0 Å². The Hall–Kier alpha value is 0.594. The molecule has 0 heterocycles. The zero-order chi connectivity index (χ0) is 13.9. The summed E-state index contributed by atoms with van der Waals surface area (Å²) >= 11 is 0. The van der Waals surface area contributed by atoms with E-state index in [1.807, 2.05) is 0 Å². The molecule has 0 aromatic rings. The monoisotopic (exact) mass is 299 g/mol. The Morgan fingerprint density at radius 3 is 0.556 bits per heavy atom. The van der Waals surface area contributed by atoms with E-state index < -0.39 is 0 Å². The van der Waals surface area contributed by atoms with E-state index in [4.69, 9.17) is 15.3 Å². The van der Waals surface area contributed by atoms with Crippen molar-refractivity contribution >= 4 is 0 Å². The summed E-state index contributed by atoms with van der Waals surface area (Å²) in [7, 11) is 3.00. The van der Waals surface area contributed by atoms with Crippen molar-refractivity contribution in [3.63, 3.8) is 0 Å². The second-order valence-electron chi connectivity index (χ2n) is 4.30. The van der Waals surface area contributed by atoms with Crippen LogP contribution in [0.3, 0.4) is 0 Å². The van der Waals surface area contributed by atoms with E-state index in [0.29, 0.717) is 0 Å². The average Bonchev–Trinajstić information content (AvgIpc) is 2.55. The van der Waals surface area contributed by atoms with Crippen molar-refractivity contribution in [2.45, 2.75) is 34.6 Å². The molecule has 1 rings (SSSR count). The molecule has 4 heteroatoms. The summed E-state index contributed by atoms with van der Waals surface area (Å²) < 4.78 is 0. The average molecular weight is 299 g/mol. The zero-order valence-electron chi connectivity index (χ0n) is 13.7. The fraction of sp³-hybridized carbons (Fsp3) is 0.929. The third kappa shape index (κ3) is 9.51. The Balaban J connectivity index is -0.0000000623. The fourth-order valence-corrected chi connectivity index (χ4v) is 2.39. The van der Waals surface area contributed by atoms with Crippen LogP contribution in [0.15, 0.2) is 0 Å². The van der Waals surface area contributed by atoms with E-state index in [1.54, 1.807) is 0 Å². The maximum Gasteiger partial charge on any atom is 0.0319 e. The van der Waals surface area contributed by atoms with Gasteiger partial charge < -0.3 is 22.7 Å². The molecule has 1 aliphatic carbocycles. The maximum absolute atomic E-state index is 7.00. The Morgan fingerprint density at radius 1 is 0.444 bits per heavy atom. The predicted octanol–water partition coefficient (Wildman–Crippen LogP) is 2.45. The van der Waals surface area contributed by atoms with Gasteiger partial charge in [0.15, 0.2) is 0 Å². The van der Waals surface area contributed by atoms with Crippen molar-refractivity contribution in [3.8, 4) is 0 Å². The van der Waals surface area contributed by atoms with Gasteiger partial charge in [0.2, 0.25) is 0 Å². The molecule has 3 nitrogen and oxygen atoms in total. The molecule has 0 amide bonds. The van der Waals surface area contributed by atoms with Crippen LogP contribution in [0.5, 0.6) is 0 Å². The molecule has 18 heavy (non-hydrogen) atoms. The largest absolute Gasteiger partial charge is 0.400 e. The van der Waals surface area contributed by atoms with Gasteiger partial charge in [-0.3, -0.25) is 0 Å². The first-order valence-electron chi connectivity index (χ1n) is 5.90. The Morgan fingerprint density at radius 2 is 0.500 bits per heavy atom. The second kappa shape index (κ2) is 19.9. The molecule has 0 aromatic carbocycles. The van der Waals surface area contributed by atoms with E-state index >= 15 is 0 Å². The van der Waals surface area contributed by atoms with Crippen LogP contribution in [0.4, 0.5) is 0 Å². The molecule has 1 aliphatic rings. The zero-order valence-corrected chi connectivity index (χ0v) is 15.3. The van der Waals surface area contributed by atoms with Gasteiger partial charge in [0, 0.05) is 43.0 Å². The van der Waals surface area contributed by atoms with Crippen LogP contribution in [0.25, 0.3) is 0 Å². The summed E-state index contributed by atoms with van der Waals surface area (Å²) in [4.78, 5) is 0. The van der Waals surface area contributed by atoms with E-state index in [0.717, 1.165) is 50.9 Å². The van der Waals surface area contributed by atoms with Crippen molar-refractivity contribution in [1.29, 1.82) is 0 Å². The predicted molar refractivity (Wildman–Crippen MR) is 76.7 cm³/mol. The summed E-state index contributed by atoms with van der Waals surface area (Å²) in [6, 6.07) is 0. The van der Waals surface area contributed by atoms with Crippen molar-refractivity contribution in [2.24, 2.45) is 29.6 Å². The van der Waals surface area contributed by atoms with Crippen LogP contribution in [0.2, 0.25) is 0 Å². The van der Waals surface area contributed by atoms with Crippen LogP contribution in [-0.2, 0) is 21.7 Å². The summed E-state index contributed by atoms with van der Waals surface area (Å²) in [5.41, 5.74) is 0. The fourth-order valence-electron chi connectivity index (χ4n) is 2.39. The Kier molecular flexibility index (Phi) is 34.5. The molecule has 1 fully saturated rings. The third-order valence-electron chi connectivity index (χ3n) is 4.15. The summed E-state index contributed by atoms with van der Waals surface area (Å²) in [5, 5.41) is 21.0. The molecule has 0 unspecified atom stereocenters. The molecule has 0 spiro atoms.